The zero-order chi connectivity index (χ0) is 16.4. The van der Waals surface area contributed by atoms with Crippen LogP contribution >= 0.6 is 22.7 Å². The highest BCUT2D eigenvalue weighted by atomic mass is 32.1. The van der Waals surface area contributed by atoms with Gasteiger partial charge in [-0.2, -0.15) is 0 Å². The van der Waals surface area contributed by atoms with Crippen LogP contribution in [0.2, 0.25) is 0 Å². The molecular formula is C17H14N4OS2. The molecule has 0 saturated heterocycles. The molecule has 4 aromatic rings. The predicted molar refractivity (Wildman–Crippen MR) is 98.8 cm³/mol. The second-order valence-corrected chi connectivity index (χ2v) is 6.95. The number of nitrogens with zero attached hydrogens (tertiary/aromatic N) is 3. The molecule has 0 spiro atoms. The highest BCUT2D eigenvalue weighted by molar-refractivity contribution is 7.22. The number of thiazole rings is 2. The fraction of sp³-hybridized carbons (Fsp3) is 0.118. The Bertz CT molecular complexity index is 965. The number of hydrogen-bond donors (Lipinski definition) is 1. The minimum absolute atomic E-state index is 0.639. The fourth-order valence-electron chi connectivity index (χ4n) is 2.27. The van der Waals surface area contributed by atoms with Gasteiger partial charge < -0.3 is 10.1 Å². The average Bonchev–Trinajstić information content (AvgIpc) is 3.26. The molecule has 0 atom stereocenters. The van der Waals surface area contributed by atoms with Crippen LogP contribution in [0.1, 0.15) is 5.69 Å². The van der Waals surface area contributed by atoms with Gasteiger partial charge in [-0.3, -0.25) is 4.98 Å². The van der Waals surface area contributed by atoms with Crippen molar-refractivity contribution in [1.82, 2.24) is 15.0 Å². The maximum atomic E-state index is 5.25. The summed E-state index contributed by atoms with van der Waals surface area (Å²) in [4.78, 5) is 13.5. The van der Waals surface area contributed by atoms with Crippen molar-refractivity contribution in [3.63, 3.8) is 0 Å². The van der Waals surface area contributed by atoms with Crippen LogP contribution in [0.5, 0.6) is 5.75 Å². The molecule has 4 rings (SSSR count). The first-order valence-corrected chi connectivity index (χ1v) is 9.06. The molecular weight excluding hydrogens is 340 g/mol. The Kier molecular flexibility index (Phi) is 4.10. The number of benzene rings is 1. The Morgan fingerprint density at radius 1 is 1.17 bits per heavy atom. The van der Waals surface area contributed by atoms with Crippen LogP contribution in [0.3, 0.4) is 0 Å². The van der Waals surface area contributed by atoms with Crippen LogP contribution in [0.4, 0.5) is 5.13 Å². The van der Waals surface area contributed by atoms with Crippen molar-refractivity contribution >= 4 is 38.0 Å². The summed E-state index contributed by atoms with van der Waals surface area (Å²) < 4.78 is 6.35. The Morgan fingerprint density at radius 2 is 2.12 bits per heavy atom. The number of hydrogen-bond acceptors (Lipinski definition) is 7. The van der Waals surface area contributed by atoms with Crippen molar-refractivity contribution in [2.24, 2.45) is 0 Å². The third kappa shape index (κ3) is 3.08. The Balaban J connectivity index is 1.48. The van der Waals surface area contributed by atoms with E-state index in [1.165, 1.54) is 0 Å². The molecule has 7 heteroatoms. The third-order valence-corrected chi connectivity index (χ3v) is 5.34. The number of methoxy groups -OCH3 is 1. The highest BCUT2D eigenvalue weighted by Crippen LogP contribution is 2.29. The Hall–Kier alpha value is -2.51. The van der Waals surface area contributed by atoms with E-state index in [4.69, 9.17) is 4.74 Å². The van der Waals surface area contributed by atoms with E-state index in [1.54, 1.807) is 36.0 Å². The molecule has 5 nitrogen and oxygen atoms in total. The first-order valence-electron chi connectivity index (χ1n) is 7.36. The molecule has 0 aliphatic heterocycles. The predicted octanol–water partition coefficient (Wildman–Crippen LogP) is 4.44. The smallest absolute Gasteiger partial charge is 0.184 e. The second-order valence-electron chi connectivity index (χ2n) is 5.07. The lowest BCUT2D eigenvalue weighted by molar-refractivity contribution is 0.415. The van der Waals surface area contributed by atoms with Gasteiger partial charge in [0.1, 0.15) is 10.8 Å². The van der Waals surface area contributed by atoms with Crippen molar-refractivity contribution in [2.45, 2.75) is 6.54 Å². The van der Waals surface area contributed by atoms with Gasteiger partial charge in [-0.05, 0) is 30.3 Å². The van der Waals surface area contributed by atoms with Crippen molar-refractivity contribution < 1.29 is 4.74 Å². The standard InChI is InChI=1S/C17H14N4OS2/c1-22-12-5-6-13-15(8-12)24-17(21-13)19-9-11-10-23-16(20-11)14-4-2-3-7-18-14/h2-8,10H,9H2,1H3,(H,19,21). The molecule has 0 aliphatic rings. The second kappa shape index (κ2) is 6.54. The number of nitrogens with one attached hydrogen (secondary N) is 1. The summed E-state index contributed by atoms with van der Waals surface area (Å²) >= 11 is 3.21. The van der Waals surface area contributed by atoms with Gasteiger partial charge in [0.25, 0.3) is 0 Å². The Labute approximate surface area is 147 Å². The lowest BCUT2D eigenvalue weighted by atomic mass is 10.3. The SMILES string of the molecule is COc1ccc2nc(NCc3csc(-c4ccccn4)n3)sc2c1. The van der Waals surface area contributed by atoms with Gasteiger partial charge in [-0.1, -0.05) is 17.4 Å². The molecule has 24 heavy (non-hydrogen) atoms. The highest BCUT2D eigenvalue weighted by Gasteiger charge is 2.08. The molecule has 120 valence electrons. The molecule has 1 aromatic carbocycles. The number of anilines is 1. The largest absolute Gasteiger partial charge is 0.497 e. The van der Waals surface area contributed by atoms with Crippen LogP contribution in [-0.4, -0.2) is 22.1 Å². The third-order valence-electron chi connectivity index (χ3n) is 3.45. The van der Waals surface area contributed by atoms with Crippen molar-refractivity contribution in [3.05, 3.63) is 53.7 Å². The van der Waals surface area contributed by atoms with E-state index in [1.807, 2.05) is 41.8 Å². The first-order chi connectivity index (χ1) is 11.8. The lowest BCUT2D eigenvalue weighted by Gasteiger charge is -1.98. The first kappa shape index (κ1) is 15.0. The summed E-state index contributed by atoms with van der Waals surface area (Å²) in [5, 5.41) is 7.20. The fourth-order valence-corrected chi connectivity index (χ4v) is 3.95. The zero-order valence-corrected chi connectivity index (χ0v) is 14.5. The monoisotopic (exact) mass is 354 g/mol. The summed E-state index contributed by atoms with van der Waals surface area (Å²) in [6.45, 7) is 0.639. The Morgan fingerprint density at radius 3 is 2.96 bits per heavy atom. The number of fused-ring (bicyclic) bond motifs is 1. The quantitative estimate of drug-likeness (QED) is 0.574. The molecule has 0 fully saturated rings. The minimum atomic E-state index is 0.639. The number of rotatable bonds is 5. The zero-order valence-electron chi connectivity index (χ0n) is 12.9. The van der Waals surface area contributed by atoms with E-state index < -0.39 is 0 Å². The molecule has 3 heterocycles. The summed E-state index contributed by atoms with van der Waals surface area (Å²) in [7, 11) is 1.67. The lowest BCUT2D eigenvalue weighted by Crippen LogP contribution is -1.99. The van der Waals surface area contributed by atoms with E-state index in [2.05, 4.69) is 20.3 Å². The molecule has 0 amide bonds. The van der Waals surface area contributed by atoms with Gasteiger partial charge in [0.15, 0.2) is 5.13 Å². The van der Waals surface area contributed by atoms with Gasteiger partial charge in [-0.15, -0.1) is 11.3 Å². The molecule has 0 bridgehead atoms. The van der Waals surface area contributed by atoms with Gasteiger partial charge >= 0.3 is 0 Å². The molecule has 0 radical (unpaired) electrons. The summed E-state index contributed by atoms with van der Waals surface area (Å²) in [6, 6.07) is 11.7. The van der Waals surface area contributed by atoms with Crippen LogP contribution < -0.4 is 10.1 Å². The normalized spacial score (nSPS) is 10.9. The number of pyridine rings is 1. The summed E-state index contributed by atoms with van der Waals surface area (Å²) in [5.41, 5.74) is 2.86. The van der Waals surface area contributed by atoms with Gasteiger partial charge in [0.2, 0.25) is 0 Å². The van der Waals surface area contributed by atoms with Crippen LogP contribution in [-0.2, 0) is 6.54 Å². The van der Waals surface area contributed by atoms with Gasteiger partial charge in [0, 0.05) is 11.6 Å². The number of aromatic nitrogens is 3. The molecule has 0 unspecified atom stereocenters. The van der Waals surface area contributed by atoms with Gasteiger partial charge in [0.05, 0.1) is 35.3 Å². The van der Waals surface area contributed by atoms with Crippen LogP contribution in [0.15, 0.2) is 48.0 Å². The molecule has 0 saturated carbocycles. The topological polar surface area (TPSA) is 59.9 Å². The van der Waals surface area contributed by atoms with E-state index in [9.17, 15) is 0 Å². The van der Waals surface area contributed by atoms with Crippen LogP contribution in [0, 0.1) is 0 Å². The van der Waals surface area contributed by atoms with E-state index in [0.29, 0.717) is 6.54 Å². The van der Waals surface area contributed by atoms with Gasteiger partial charge in [-0.25, -0.2) is 9.97 Å². The van der Waals surface area contributed by atoms with E-state index >= 15 is 0 Å². The average molecular weight is 354 g/mol. The minimum Gasteiger partial charge on any atom is -0.497 e. The summed E-state index contributed by atoms with van der Waals surface area (Å²) in [5.74, 6) is 0.845. The van der Waals surface area contributed by atoms with E-state index in [0.717, 1.165) is 37.5 Å². The molecule has 3 aromatic heterocycles. The molecule has 0 aliphatic carbocycles. The van der Waals surface area contributed by atoms with Crippen molar-refractivity contribution in [1.29, 1.82) is 0 Å². The molecule has 1 N–H and O–H groups in total. The number of ether oxygens (including phenoxy) is 1. The maximum absolute atomic E-state index is 5.25. The van der Waals surface area contributed by atoms with Crippen LogP contribution in [0.25, 0.3) is 20.9 Å². The maximum Gasteiger partial charge on any atom is 0.184 e. The summed E-state index contributed by atoms with van der Waals surface area (Å²) in [6.07, 6.45) is 1.78. The van der Waals surface area contributed by atoms with E-state index in [-0.39, 0.29) is 0 Å². The van der Waals surface area contributed by atoms with Crippen molar-refractivity contribution in [2.75, 3.05) is 12.4 Å². The van der Waals surface area contributed by atoms with Crippen molar-refractivity contribution in [3.8, 4) is 16.5 Å².